The summed E-state index contributed by atoms with van der Waals surface area (Å²) in [7, 11) is 0. The quantitative estimate of drug-likeness (QED) is 0.685. The van der Waals surface area contributed by atoms with E-state index in [1.807, 2.05) is 28.7 Å². The summed E-state index contributed by atoms with van der Waals surface area (Å²) in [6.45, 7) is 0.661. The van der Waals surface area contributed by atoms with Crippen molar-refractivity contribution in [2.24, 2.45) is 0 Å². The Bertz CT molecular complexity index is 862. The first kappa shape index (κ1) is 11.9. The minimum Gasteiger partial charge on any atom is -0.493 e. The molecule has 5 heteroatoms. The lowest BCUT2D eigenvalue weighted by molar-refractivity contribution is 0.274. The van der Waals surface area contributed by atoms with Gasteiger partial charge in [-0.15, -0.1) is 10.2 Å². The molecule has 1 aliphatic rings. The Hall–Kier alpha value is -2.87. The predicted octanol–water partition coefficient (Wildman–Crippen LogP) is 2.52. The Balaban J connectivity index is 1.90. The Kier molecular flexibility index (Phi) is 2.61. The summed E-state index contributed by atoms with van der Waals surface area (Å²) in [5.74, 6) is 1.90. The molecule has 3 heterocycles. The number of pyridine rings is 1. The van der Waals surface area contributed by atoms with Crippen LogP contribution in [0.1, 0.15) is 29.3 Å². The number of nitrogens with zero attached hydrogens (tertiary/aromatic N) is 4. The second-order valence-electron chi connectivity index (χ2n) is 5.04. The van der Waals surface area contributed by atoms with E-state index in [0.717, 1.165) is 29.2 Å². The van der Waals surface area contributed by atoms with Crippen molar-refractivity contribution in [3.63, 3.8) is 0 Å². The molecule has 5 nitrogen and oxygen atoms in total. The number of rotatable bonds is 1. The number of aromatic nitrogens is 3. The van der Waals surface area contributed by atoms with Gasteiger partial charge in [-0.25, -0.2) is 0 Å². The number of nitriles is 1. The van der Waals surface area contributed by atoms with Gasteiger partial charge in [0.2, 0.25) is 0 Å². The molecule has 0 spiro atoms. The van der Waals surface area contributed by atoms with Crippen LogP contribution in [-0.4, -0.2) is 21.2 Å². The first-order valence-corrected chi connectivity index (χ1v) is 6.83. The second kappa shape index (κ2) is 4.60. The lowest BCUT2D eigenvalue weighted by Crippen LogP contribution is -2.17. The molecule has 0 saturated carbocycles. The molecule has 0 radical (unpaired) electrons. The van der Waals surface area contributed by atoms with Crippen LogP contribution in [0, 0.1) is 11.3 Å². The molecule has 0 fully saturated rings. The van der Waals surface area contributed by atoms with Crippen LogP contribution in [0.5, 0.6) is 5.75 Å². The van der Waals surface area contributed by atoms with Gasteiger partial charge < -0.3 is 4.74 Å². The zero-order chi connectivity index (χ0) is 14.2. The maximum Gasteiger partial charge on any atom is 0.160 e. The molecule has 102 valence electrons. The molecule has 0 aliphatic carbocycles. The monoisotopic (exact) mass is 276 g/mol. The fourth-order valence-corrected chi connectivity index (χ4v) is 2.82. The SMILES string of the molecule is N#Cc1ccc2nnc(C3CCOc4ccccc43)n2c1. The van der Waals surface area contributed by atoms with E-state index in [9.17, 15) is 0 Å². The number of fused-ring (bicyclic) bond motifs is 2. The van der Waals surface area contributed by atoms with Crippen molar-refractivity contribution >= 4 is 5.65 Å². The average molecular weight is 276 g/mol. The van der Waals surface area contributed by atoms with Crippen molar-refractivity contribution in [2.45, 2.75) is 12.3 Å². The van der Waals surface area contributed by atoms with E-state index in [4.69, 9.17) is 10.00 Å². The fourth-order valence-electron chi connectivity index (χ4n) is 2.82. The van der Waals surface area contributed by atoms with Crippen molar-refractivity contribution in [1.82, 2.24) is 14.6 Å². The highest BCUT2D eigenvalue weighted by Gasteiger charge is 2.26. The van der Waals surface area contributed by atoms with Gasteiger partial charge in [-0.2, -0.15) is 5.26 Å². The molecule has 4 rings (SSSR count). The first-order chi connectivity index (χ1) is 10.4. The Morgan fingerprint density at radius 1 is 1.19 bits per heavy atom. The van der Waals surface area contributed by atoms with E-state index >= 15 is 0 Å². The van der Waals surface area contributed by atoms with Gasteiger partial charge in [0.05, 0.1) is 18.1 Å². The van der Waals surface area contributed by atoms with Crippen LogP contribution in [0.3, 0.4) is 0 Å². The van der Waals surface area contributed by atoms with Crippen LogP contribution in [0.4, 0.5) is 0 Å². The third-order valence-corrected chi connectivity index (χ3v) is 3.83. The third kappa shape index (κ3) is 1.84. The number of hydrogen-bond donors (Lipinski definition) is 0. The third-order valence-electron chi connectivity index (χ3n) is 3.83. The molecule has 1 aromatic carbocycles. The molecule has 0 amide bonds. The minimum absolute atomic E-state index is 0.138. The van der Waals surface area contributed by atoms with Crippen molar-refractivity contribution in [3.8, 4) is 11.8 Å². The molecule has 21 heavy (non-hydrogen) atoms. The molecule has 1 unspecified atom stereocenters. The molecular weight excluding hydrogens is 264 g/mol. The lowest BCUT2D eigenvalue weighted by Gasteiger charge is -2.24. The van der Waals surface area contributed by atoms with E-state index in [1.54, 1.807) is 12.3 Å². The van der Waals surface area contributed by atoms with Crippen molar-refractivity contribution < 1.29 is 4.74 Å². The zero-order valence-corrected chi connectivity index (χ0v) is 11.2. The summed E-state index contributed by atoms with van der Waals surface area (Å²) in [5.41, 5.74) is 2.48. The average Bonchev–Trinajstić information content (AvgIpc) is 2.97. The molecule has 1 aliphatic heterocycles. The highest BCUT2D eigenvalue weighted by atomic mass is 16.5. The van der Waals surface area contributed by atoms with Gasteiger partial charge in [-0.1, -0.05) is 18.2 Å². The standard InChI is InChI=1S/C16H12N4O/c17-9-11-5-6-15-18-19-16(20(15)10-11)13-7-8-21-14-4-2-1-3-12(13)14/h1-6,10,13H,7-8H2. The van der Waals surface area contributed by atoms with Gasteiger partial charge in [0, 0.05) is 11.8 Å². The van der Waals surface area contributed by atoms with E-state index < -0.39 is 0 Å². The predicted molar refractivity (Wildman–Crippen MR) is 76.1 cm³/mol. The molecular formula is C16H12N4O. The number of para-hydroxylation sites is 1. The van der Waals surface area contributed by atoms with E-state index in [2.05, 4.69) is 22.3 Å². The van der Waals surface area contributed by atoms with Gasteiger partial charge in [0.25, 0.3) is 0 Å². The van der Waals surface area contributed by atoms with Crippen LogP contribution in [-0.2, 0) is 0 Å². The van der Waals surface area contributed by atoms with Crippen LogP contribution < -0.4 is 4.74 Å². The first-order valence-electron chi connectivity index (χ1n) is 6.83. The summed E-state index contributed by atoms with van der Waals surface area (Å²) in [4.78, 5) is 0. The molecule has 1 atom stereocenters. The molecule has 0 N–H and O–H groups in total. The zero-order valence-electron chi connectivity index (χ0n) is 11.2. The normalized spacial score (nSPS) is 17.0. The summed E-state index contributed by atoms with van der Waals surface area (Å²) < 4.78 is 7.61. The largest absolute Gasteiger partial charge is 0.493 e. The maximum atomic E-state index is 9.07. The number of ether oxygens (including phenoxy) is 1. The summed E-state index contributed by atoms with van der Waals surface area (Å²) in [6.07, 6.45) is 2.65. The molecule has 0 saturated heterocycles. The highest BCUT2D eigenvalue weighted by molar-refractivity contribution is 5.46. The maximum absolute atomic E-state index is 9.07. The van der Waals surface area contributed by atoms with Gasteiger partial charge in [-0.3, -0.25) is 4.40 Å². The second-order valence-corrected chi connectivity index (χ2v) is 5.04. The van der Waals surface area contributed by atoms with E-state index in [-0.39, 0.29) is 5.92 Å². The van der Waals surface area contributed by atoms with Crippen molar-refractivity contribution in [1.29, 1.82) is 5.26 Å². The van der Waals surface area contributed by atoms with Gasteiger partial charge in [0.1, 0.15) is 17.6 Å². The number of benzene rings is 1. The Labute approximate surface area is 121 Å². The topological polar surface area (TPSA) is 63.2 Å². The van der Waals surface area contributed by atoms with Gasteiger partial charge in [0.15, 0.2) is 5.65 Å². The Morgan fingerprint density at radius 3 is 3.00 bits per heavy atom. The van der Waals surface area contributed by atoms with E-state index in [0.29, 0.717) is 12.2 Å². The van der Waals surface area contributed by atoms with Crippen molar-refractivity contribution in [2.75, 3.05) is 6.61 Å². The van der Waals surface area contributed by atoms with Crippen LogP contribution in [0.2, 0.25) is 0 Å². The lowest BCUT2D eigenvalue weighted by atomic mass is 9.92. The Morgan fingerprint density at radius 2 is 2.10 bits per heavy atom. The highest BCUT2D eigenvalue weighted by Crippen LogP contribution is 2.37. The van der Waals surface area contributed by atoms with Crippen LogP contribution in [0.15, 0.2) is 42.6 Å². The summed E-state index contributed by atoms with van der Waals surface area (Å²) >= 11 is 0. The molecule has 3 aromatic rings. The van der Waals surface area contributed by atoms with Crippen LogP contribution >= 0.6 is 0 Å². The fraction of sp³-hybridized carbons (Fsp3) is 0.188. The van der Waals surface area contributed by atoms with Crippen LogP contribution in [0.25, 0.3) is 5.65 Å². The smallest absolute Gasteiger partial charge is 0.160 e. The van der Waals surface area contributed by atoms with Gasteiger partial charge >= 0.3 is 0 Å². The molecule has 2 aromatic heterocycles. The number of hydrogen-bond acceptors (Lipinski definition) is 4. The minimum atomic E-state index is 0.138. The van der Waals surface area contributed by atoms with Gasteiger partial charge in [-0.05, 0) is 24.6 Å². The van der Waals surface area contributed by atoms with E-state index in [1.165, 1.54) is 0 Å². The van der Waals surface area contributed by atoms with Crippen molar-refractivity contribution in [3.05, 3.63) is 59.5 Å². The summed E-state index contributed by atoms with van der Waals surface area (Å²) in [5, 5.41) is 17.6. The summed E-state index contributed by atoms with van der Waals surface area (Å²) in [6, 6.07) is 13.7. The molecule has 0 bridgehead atoms.